The number of rotatable bonds is 2. The number of halogens is 3. The molecule has 0 saturated carbocycles. The molecule has 72 valence electrons. The number of hydrogen-bond acceptors (Lipinski definition) is 1. The van der Waals surface area contributed by atoms with E-state index in [0.29, 0.717) is 5.56 Å². The van der Waals surface area contributed by atoms with Gasteiger partial charge in [0.05, 0.1) is 4.47 Å². The molecule has 0 aromatic heterocycles. The molecule has 0 amide bonds. The molecule has 1 nitrogen and oxygen atoms in total. The minimum Gasteiger partial charge on any atom is -0.327 e. The van der Waals surface area contributed by atoms with E-state index in [9.17, 15) is 8.78 Å². The van der Waals surface area contributed by atoms with Gasteiger partial charge in [-0.05, 0) is 40.5 Å². The Balaban J connectivity index is 3.10. The van der Waals surface area contributed by atoms with Gasteiger partial charge in [0.25, 0.3) is 0 Å². The van der Waals surface area contributed by atoms with E-state index >= 15 is 0 Å². The monoisotopic (exact) mass is 249 g/mol. The largest absolute Gasteiger partial charge is 0.327 e. The van der Waals surface area contributed by atoms with Crippen LogP contribution in [0.25, 0.3) is 0 Å². The van der Waals surface area contributed by atoms with Gasteiger partial charge in [0.1, 0.15) is 11.5 Å². The van der Waals surface area contributed by atoms with Crippen LogP contribution in [0, 0.1) is 5.82 Å². The first kappa shape index (κ1) is 10.6. The van der Waals surface area contributed by atoms with Crippen LogP contribution in [0.5, 0.6) is 0 Å². The highest BCUT2D eigenvalue weighted by Crippen LogP contribution is 2.27. The van der Waals surface area contributed by atoms with Gasteiger partial charge >= 0.3 is 0 Å². The summed E-state index contributed by atoms with van der Waals surface area (Å²) >= 11 is 2.99. The molecular formula is C9H10BrF2N. The van der Waals surface area contributed by atoms with E-state index in [1.807, 2.05) is 0 Å². The first-order chi connectivity index (χ1) is 5.97. The second-order valence-electron chi connectivity index (χ2n) is 3.03. The molecule has 0 aliphatic carbocycles. The molecule has 0 heterocycles. The molecule has 0 spiro atoms. The lowest BCUT2D eigenvalue weighted by atomic mass is 9.98. The predicted molar refractivity (Wildman–Crippen MR) is 51.6 cm³/mol. The predicted octanol–water partition coefficient (Wildman–Crippen LogP) is 2.73. The zero-order chi connectivity index (χ0) is 10.1. The third kappa shape index (κ3) is 2.25. The van der Waals surface area contributed by atoms with Crippen LogP contribution in [-0.4, -0.2) is 6.54 Å². The highest BCUT2D eigenvalue weighted by molar-refractivity contribution is 9.10. The maximum Gasteiger partial charge on any atom is 0.145 e. The van der Waals surface area contributed by atoms with Crippen molar-refractivity contribution in [2.75, 3.05) is 6.54 Å². The minimum atomic E-state index is -1.60. The lowest BCUT2D eigenvalue weighted by Crippen LogP contribution is -2.26. The molecule has 0 aliphatic rings. The molecule has 1 unspecified atom stereocenters. The van der Waals surface area contributed by atoms with E-state index in [1.54, 1.807) is 0 Å². The molecule has 0 saturated heterocycles. The van der Waals surface area contributed by atoms with Gasteiger partial charge in [-0.1, -0.05) is 6.07 Å². The average Bonchev–Trinajstić information content (AvgIpc) is 2.09. The Kier molecular flexibility index (Phi) is 3.03. The van der Waals surface area contributed by atoms with Crippen molar-refractivity contribution >= 4 is 15.9 Å². The smallest absolute Gasteiger partial charge is 0.145 e. The Morgan fingerprint density at radius 2 is 2.15 bits per heavy atom. The Bertz CT molecular complexity index is 312. The van der Waals surface area contributed by atoms with Gasteiger partial charge in [-0.2, -0.15) is 0 Å². The van der Waals surface area contributed by atoms with Crippen LogP contribution in [0.2, 0.25) is 0 Å². The van der Waals surface area contributed by atoms with Crippen LogP contribution in [-0.2, 0) is 5.67 Å². The lowest BCUT2D eigenvalue weighted by Gasteiger charge is -2.18. The molecule has 13 heavy (non-hydrogen) atoms. The van der Waals surface area contributed by atoms with Crippen LogP contribution in [0.3, 0.4) is 0 Å². The van der Waals surface area contributed by atoms with Gasteiger partial charge in [-0.15, -0.1) is 0 Å². The van der Waals surface area contributed by atoms with Crippen LogP contribution >= 0.6 is 15.9 Å². The molecule has 1 aromatic carbocycles. The van der Waals surface area contributed by atoms with Crippen LogP contribution in [0.1, 0.15) is 12.5 Å². The number of nitrogens with two attached hydrogens (primary N) is 1. The molecule has 2 N–H and O–H groups in total. The molecule has 0 bridgehead atoms. The van der Waals surface area contributed by atoms with Crippen molar-refractivity contribution in [3.63, 3.8) is 0 Å². The molecule has 0 fully saturated rings. The van der Waals surface area contributed by atoms with Gasteiger partial charge in [0.2, 0.25) is 0 Å². The Morgan fingerprint density at radius 1 is 1.54 bits per heavy atom. The SMILES string of the molecule is CC(F)(CN)c1ccc(F)c(Br)c1. The van der Waals surface area contributed by atoms with Crippen molar-refractivity contribution in [1.29, 1.82) is 0 Å². The summed E-state index contributed by atoms with van der Waals surface area (Å²) in [5.74, 6) is -0.406. The zero-order valence-corrected chi connectivity index (χ0v) is 8.74. The fourth-order valence-electron chi connectivity index (χ4n) is 0.938. The Labute approximate surface area is 84.1 Å². The first-order valence-corrected chi connectivity index (χ1v) is 4.61. The van der Waals surface area contributed by atoms with Crippen molar-refractivity contribution in [3.8, 4) is 0 Å². The second kappa shape index (κ2) is 3.72. The van der Waals surface area contributed by atoms with Crippen LogP contribution < -0.4 is 5.73 Å². The van der Waals surface area contributed by atoms with E-state index in [4.69, 9.17) is 5.73 Å². The zero-order valence-electron chi connectivity index (χ0n) is 7.15. The van der Waals surface area contributed by atoms with E-state index in [1.165, 1.54) is 25.1 Å². The molecule has 4 heteroatoms. The van der Waals surface area contributed by atoms with Crippen LogP contribution in [0.15, 0.2) is 22.7 Å². The summed E-state index contributed by atoms with van der Waals surface area (Å²) in [5, 5.41) is 0. The van der Waals surface area contributed by atoms with E-state index in [0.717, 1.165) is 0 Å². The molecule has 1 rings (SSSR count). The van der Waals surface area contributed by atoms with E-state index in [-0.39, 0.29) is 11.0 Å². The van der Waals surface area contributed by atoms with Crippen molar-refractivity contribution < 1.29 is 8.78 Å². The standard InChI is InChI=1S/C9H10BrF2N/c1-9(12,5-13)6-2-3-8(11)7(10)4-6/h2-4H,5,13H2,1H3. The van der Waals surface area contributed by atoms with Crippen molar-refractivity contribution in [3.05, 3.63) is 34.1 Å². The molecule has 0 aliphatic heterocycles. The summed E-state index contributed by atoms with van der Waals surface area (Å²) in [6.45, 7) is 1.25. The number of benzene rings is 1. The van der Waals surface area contributed by atoms with Gasteiger partial charge in [0.15, 0.2) is 0 Å². The maximum absolute atomic E-state index is 13.6. The fraction of sp³-hybridized carbons (Fsp3) is 0.333. The normalized spacial score (nSPS) is 15.5. The van der Waals surface area contributed by atoms with Crippen molar-refractivity contribution in [1.82, 2.24) is 0 Å². The molecule has 1 aromatic rings. The molecule has 1 atom stereocenters. The number of hydrogen-bond donors (Lipinski definition) is 1. The quantitative estimate of drug-likeness (QED) is 0.858. The van der Waals surface area contributed by atoms with E-state index < -0.39 is 11.5 Å². The summed E-state index contributed by atoms with van der Waals surface area (Å²) in [5.41, 5.74) is 4.02. The average molecular weight is 250 g/mol. The summed E-state index contributed by atoms with van der Waals surface area (Å²) < 4.78 is 26.6. The summed E-state index contributed by atoms with van der Waals surface area (Å²) in [4.78, 5) is 0. The molecule has 0 radical (unpaired) electrons. The number of alkyl halides is 1. The van der Waals surface area contributed by atoms with Crippen LogP contribution in [0.4, 0.5) is 8.78 Å². The Hall–Kier alpha value is -0.480. The van der Waals surface area contributed by atoms with E-state index in [2.05, 4.69) is 15.9 Å². The van der Waals surface area contributed by atoms with Crippen molar-refractivity contribution in [2.45, 2.75) is 12.6 Å². The third-order valence-corrected chi connectivity index (χ3v) is 2.51. The highest BCUT2D eigenvalue weighted by atomic mass is 79.9. The maximum atomic E-state index is 13.6. The highest BCUT2D eigenvalue weighted by Gasteiger charge is 2.24. The lowest BCUT2D eigenvalue weighted by molar-refractivity contribution is 0.203. The van der Waals surface area contributed by atoms with Gasteiger partial charge in [-0.25, -0.2) is 8.78 Å². The summed E-state index contributed by atoms with van der Waals surface area (Å²) in [6, 6.07) is 4.02. The summed E-state index contributed by atoms with van der Waals surface area (Å²) in [6.07, 6.45) is 0. The third-order valence-electron chi connectivity index (χ3n) is 1.90. The fourth-order valence-corrected chi connectivity index (χ4v) is 1.32. The van der Waals surface area contributed by atoms with Gasteiger partial charge in [0, 0.05) is 6.54 Å². The first-order valence-electron chi connectivity index (χ1n) is 3.82. The topological polar surface area (TPSA) is 26.0 Å². The van der Waals surface area contributed by atoms with Gasteiger partial charge in [-0.3, -0.25) is 0 Å². The van der Waals surface area contributed by atoms with Crippen molar-refractivity contribution in [2.24, 2.45) is 5.73 Å². The Morgan fingerprint density at radius 3 is 2.62 bits per heavy atom. The second-order valence-corrected chi connectivity index (χ2v) is 3.88. The molecular weight excluding hydrogens is 240 g/mol. The minimum absolute atomic E-state index is 0.120. The van der Waals surface area contributed by atoms with Gasteiger partial charge < -0.3 is 5.73 Å². The summed E-state index contributed by atoms with van der Waals surface area (Å²) in [7, 11) is 0.